The smallest absolute Gasteiger partial charge is 0.303 e. The van der Waals surface area contributed by atoms with Crippen molar-refractivity contribution in [2.75, 3.05) is 0 Å². The van der Waals surface area contributed by atoms with Crippen LogP contribution in [0.1, 0.15) is 57.6 Å². The lowest BCUT2D eigenvalue weighted by Gasteiger charge is -2.21. The van der Waals surface area contributed by atoms with Crippen molar-refractivity contribution in [3.05, 3.63) is 50.8 Å². The molecule has 0 fully saturated rings. The van der Waals surface area contributed by atoms with E-state index in [2.05, 4.69) is 74.9 Å². The molecule has 1 aliphatic heterocycles. The Kier molecular flexibility index (Phi) is 10.0. The molecule has 146 valence electrons. The van der Waals surface area contributed by atoms with Crippen LogP contribution in [0.4, 0.5) is 0 Å². The Labute approximate surface area is 178 Å². The largest absolute Gasteiger partial charge is 0.460 e. The quantitative estimate of drug-likeness (QED) is 0.258. The van der Waals surface area contributed by atoms with Crippen LogP contribution in [0.25, 0.3) is 0 Å². The van der Waals surface area contributed by atoms with E-state index < -0.39 is 0 Å². The summed E-state index contributed by atoms with van der Waals surface area (Å²) in [5.74, 6) is 7.31. The first-order chi connectivity index (χ1) is 13.1. The number of alkyl halides is 1. The number of fused-ring (bicyclic) bond motifs is 2. The fraction of sp³-hybridized carbons (Fsp3) is 0.500. The Morgan fingerprint density at radius 2 is 2.00 bits per heavy atom. The molecule has 27 heavy (non-hydrogen) atoms. The zero-order chi connectivity index (χ0) is 19.5. The predicted octanol–water partition coefficient (Wildman–Crippen LogP) is 6.34. The van der Waals surface area contributed by atoms with Gasteiger partial charge in [-0.05, 0) is 48.0 Å². The molecule has 5 heteroatoms. The van der Waals surface area contributed by atoms with Crippen LogP contribution in [-0.4, -0.2) is 10.9 Å². The second kappa shape index (κ2) is 12.3. The number of halogens is 2. The number of ether oxygens (including phenoxy) is 1. The predicted molar refractivity (Wildman–Crippen MR) is 118 cm³/mol. The van der Waals surface area contributed by atoms with Crippen LogP contribution in [0.15, 0.2) is 44.1 Å². The molecule has 0 N–H and O–H groups in total. The molecule has 2 rings (SSSR count). The van der Waals surface area contributed by atoms with Gasteiger partial charge in [-0.1, -0.05) is 53.1 Å². The molecule has 1 aliphatic rings. The van der Waals surface area contributed by atoms with Crippen molar-refractivity contribution in [3.8, 4) is 17.8 Å². The maximum absolute atomic E-state index is 12.3. The van der Waals surface area contributed by atoms with Crippen LogP contribution in [0.2, 0.25) is 0 Å². The molecule has 0 saturated heterocycles. The lowest BCUT2D eigenvalue weighted by Crippen LogP contribution is -2.27. The molecule has 0 spiro atoms. The summed E-state index contributed by atoms with van der Waals surface area (Å²) in [7, 11) is 0. The molecule has 0 saturated carbocycles. The molecule has 1 aromatic rings. The fourth-order valence-electron chi connectivity index (χ4n) is 2.72. The van der Waals surface area contributed by atoms with Crippen LogP contribution in [0.5, 0.6) is 5.95 Å². The number of rotatable bonds is 1. The second-order valence-corrected chi connectivity index (χ2v) is 8.41. The van der Waals surface area contributed by atoms with E-state index in [4.69, 9.17) is 9.15 Å². The molecule has 0 radical (unpaired) electrons. The highest BCUT2D eigenvalue weighted by molar-refractivity contribution is 9.10. The van der Waals surface area contributed by atoms with E-state index in [-0.39, 0.29) is 22.3 Å². The van der Waals surface area contributed by atoms with Crippen molar-refractivity contribution in [2.24, 2.45) is 0 Å². The third-order valence-corrected chi connectivity index (χ3v) is 5.94. The van der Waals surface area contributed by atoms with Gasteiger partial charge in [0.25, 0.3) is 0 Å². The highest BCUT2D eigenvalue weighted by Gasteiger charge is 2.21. The molecule has 2 atom stereocenters. The fourth-order valence-corrected chi connectivity index (χ4v) is 3.70. The Morgan fingerprint density at radius 3 is 2.81 bits per heavy atom. The van der Waals surface area contributed by atoms with Crippen molar-refractivity contribution in [2.45, 2.75) is 69.2 Å². The summed E-state index contributed by atoms with van der Waals surface area (Å²) in [6, 6.07) is 1.55. The standard InChI is InChI=1S/C22H26Br2O3/c1-2-20-18(23)15-13-11-9-7-5-3-4-6-8-10-12-14-17-16-19(25)21(24)22(26-17)27-20/h5,7,11,13,16,18,20H,2-3,8-10,12,14-15H2,1H3/t18-,20+/m0/s1. The van der Waals surface area contributed by atoms with Gasteiger partial charge in [-0.15, -0.1) is 5.92 Å². The first-order valence-electron chi connectivity index (χ1n) is 9.50. The summed E-state index contributed by atoms with van der Waals surface area (Å²) in [5.41, 5.74) is -0.108. The van der Waals surface area contributed by atoms with Crippen LogP contribution >= 0.6 is 31.9 Å². The molecular formula is C22H26Br2O3. The normalized spacial score (nSPS) is 21.9. The van der Waals surface area contributed by atoms with E-state index >= 15 is 0 Å². The first kappa shape index (κ1) is 22.0. The third kappa shape index (κ3) is 7.71. The maximum atomic E-state index is 12.3. The Balaban J connectivity index is 2.20. The van der Waals surface area contributed by atoms with E-state index in [1.165, 1.54) is 0 Å². The molecule has 1 aromatic heterocycles. The lowest BCUT2D eigenvalue weighted by atomic mass is 10.1. The van der Waals surface area contributed by atoms with E-state index in [1.807, 2.05) is 0 Å². The minimum absolute atomic E-state index is 0.0876. The van der Waals surface area contributed by atoms with Crippen LogP contribution < -0.4 is 10.2 Å². The molecule has 0 amide bonds. The topological polar surface area (TPSA) is 39.4 Å². The number of allylic oxidation sites excluding steroid dienone is 4. The van der Waals surface area contributed by atoms with Crippen molar-refractivity contribution < 1.29 is 9.15 Å². The second-order valence-electron chi connectivity index (χ2n) is 6.44. The van der Waals surface area contributed by atoms with Crippen molar-refractivity contribution in [3.63, 3.8) is 0 Å². The van der Waals surface area contributed by atoms with Crippen LogP contribution in [-0.2, 0) is 6.42 Å². The summed E-state index contributed by atoms with van der Waals surface area (Å²) < 4.78 is 12.3. The van der Waals surface area contributed by atoms with E-state index in [9.17, 15) is 4.79 Å². The van der Waals surface area contributed by atoms with Gasteiger partial charge in [-0.2, -0.15) is 0 Å². The summed E-state index contributed by atoms with van der Waals surface area (Å²) in [4.78, 5) is 12.4. The molecule has 0 aliphatic carbocycles. The lowest BCUT2D eigenvalue weighted by molar-refractivity contribution is 0.142. The van der Waals surface area contributed by atoms with Crippen LogP contribution in [0, 0.1) is 11.8 Å². The average Bonchev–Trinajstić information content (AvgIpc) is 2.66. The number of hydrogen-bond acceptors (Lipinski definition) is 3. The molecule has 0 aromatic carbocycles. The third-order valence-electron chi connectivity index (χ3n) is 4.26. The Bertz CT molecular complexity index is 768. The van der Waals surface area contributed by atoms with Gasteiger partial charge >= 0.3 is 5.95 Å². The van der Waals surface area contributed by atoms with Gasteiger partial charge in [-0.3, -0.25) is 4.79 Å². The molecule has 3 nitrogen and oxygen atoms in total. The first-order valence-corrected chi connectivity index (χ1v) is 11.2. The average molecular weight is 498 g/mol. The van der Waals surface area contributed by atoms with E-state index in [0.29, 0.717) is 16.7 Å². The summed E-state index contributed by atoms with van der Waals surface area (Å²) in [6.45, 7) is 2.07. The van der Waals surface area contributed by atoms with Gasteiger partial charge in [0.15, 0.2) is 0 Å². The van der Waals surface area contributed by atoms with Crippen LogP contribution in [0.3, 0.4) is 0 Å². The minimum Gasteiger partial charge on any atom is -0.460 e. The maximum Gasteiger partial charge on any atom is 0.303 e. The Morgan fingerprint density at radius 1 is 1.19 bits per heavy atom. The van der Waals surface area contributed by atoms with Gasteiger partial charge in [0.1, 0.15) is 16.3 Å². The van der Waals surface area contributed by atoms with Gasteiger partial charge in [0, 0.05) is 25.3 Å². The highest BCUT2D eigenvalue weighted by Crippen LogP contribution is 2.28. The zero-order valence-corrected chi connectivity index (χ0v) is 18.9. The van der Waals surface area contributed by atoms with Crippen molar-refractivity contribution >= 4 is 31.9 Å². The van der Waals surface area contributed by atoms with Gasteiger partial charge in [0.05, 0.1) is 4.83 Å². The van der Waals surface area contributed by atoms with E-state index in [0.717, 1.165) is 44.9 Å². The van der Waals surface area contributed by atoms with Gasteiger partial charge in [-0.25, -0.2) is 0 Å². The van der Waals surface area contributed by atoms with Gasteiger partial charge in [0.2, 0.25) is 5.43 Å². The Hall–Kier alpha value is -1.25. The van der Waals surface area contributed by atoms with Gasteiger partial charge < -0.3 is 9.15 Å². The molecule has 2 heterocycles. The summed E-state index contributed by atoms with van der Waals surface area (Å²) >= 11 is 7.04. The minimum atomic E-state index is -0.108. The monoisotopic (exact) mass is 496 g/mol. The molecular weight excluding hydrogens is 472 g/mol. The number of aryl methyl sites for hydroxylation is 1. The highest BCUT2D eigenvalue weighted by atomic mass is 79.9. The van der Waals surface area contributed by atoms with Crippen molar-refractivity contribution in [1.29, 1.82) is 0 Å². The molecule has 0 unspecified atom stereocenters. The SMILES string of the molecule is CC[C@H]1Oc2oc(cc(=O)c2Br)CCCCC#CCC=CCC=CC[C@@H]1Br. The number of hydrogen-bond donors (Lipinski definition) is 0. The molecule has 2 bridgehead atoms. The van der Waals surface area contributed by atoms with E-state index in [1.54, 1.807) is 6.07 Å². The van der Waals surface area contributed by atoms with Crippen molar-refractivity contribution in [1.82, 2.24) is 0 Å². The summed E-state index contributed by atoms with van der Waals surface area (Å²) in [6.07, 6.45) is 15.3. The zero-order valence-electron chi connectivity index (χ0n) is 15.7. The summed E-state index contributed by atoms with van der Waals surface area (Å²) in [5, 5.41) is 0.